The van der Waals surface area contributed by atoms with Gasteiger partial charge in [0, 0.05) is 0 Å². The van der Waals surface area contributed by atoms with E-state index in [1.54, 1.807) is 0 Å². The van der Waals surface area contributed by atoms with Crippen LogP contribution in [0.2, 0.25) is 10.0 Å². The van der Waals surface area contributed by atoms with Crippen LogP contribution in [-0.2, 0) is 0 Å². The first kappa shape index (κ1) is 12.4. The van der Waals surface area contributed by atoms with E-state index in [1.165, 1.54) is 6.07 Å². The quantitative estimate of drug-likeness (QED) is 0.765. The zero-order valence-corrected chi connectivity index (χ0v) is 9.81. The van der Waals surface area contributed by atoms with E-state index in [1.807, 2.05) is 6.92 Å². The van der Waals surface area contributed by atoms with E-state index >= 15 is 0 Å². The molecule has 15 heavy (non-hydrogen) atoms. The molecule has 1 rings (SSSR count). The number of nitrogens with zero attached hydrogens (tertiary/aromatic N) is 1. The summed E-state index contributed by atoms with van der Waals surface area (Å²) < 4.78 is 0. The number of anilines is 2. The number of aliphatic hydroxyl groups is 1. The maximum Gasteiger partial charge on any atom is 0.147 e. The fraction of sp³-hybridized carbons (Fsp3) is 0.444. The third-order valence-electron chi connectivity index (χ3n) is 2.01. The third-order valence-corrected chi connectivity index (χ3v) is 2.60. The largest absolute Gasteiger partial charge is 0.394 e. The summed E-state index contributed by atoms with van der Waals surface area (Å²) in [6.45, 7) is 1.96. The van der Waals surface area contributed by atoms with Gasteiger partial charge in [-0.05, 0) is 12.5 Å². The van der Waals surface area contributed by atoms with E-state index in [4.69, 9.17) is 34.0 Å². The Morgan fingerprint density at radius 2 is 2.20 bits per heavy atom. The van der Waals surface area contributed by atoms with Crippen molar-refractivity contribution in [3.8, 4) is 0 Å². The van der Waals surface area contributed by atoms with Crippen LogP contribution in [-0.4, -0.2) is 22.7 Å². The van der Waals surface area contributed by atoms with Crippen LogP contribution >= 0.6 is 23.2 Å². The molecule has 0 bridgehead atoms. The first-order chi connectivity index (χ1) is 7.08. The lowest BCUT2D eigenvalue weighted by atomic mass is 10.2. The summed E-state index contributed by atoms with van der Waals surface area (Å²) in [6, 6.07) is 1.44. The highest BCUT2D eigenvalue weighted by atomic mass is 35.5. The van der Waals surface area contributed by atoms with Crippen LogP contribution in [0.4, 0.5) is 11.6 Å². The number of hydrogen-bond donors (Lipinski definition) is 3. The number of halogens is 2. The number of rotatable bonds is 4. The number of nitrogen functional groups attached to an aromatic ring is 1. The zero-order chi connectivity index (χ0) is 11.4. The lowest BCUT2D eigenvalue weighted by molar-refractivity contribution is 0.271. The van der Waals surface area contributed by atoms with E-state index in [2.05, 4.69) is 10.3 Å². The summed E-state index contributed by atoms with van der Waals surface area (Å²) in [7, 11) is 0. The number of pyridine rings is 1. The molecule has 4 nitrogen and oxygen atoms in total. The second kappa shape index (κ2) is 5.39. The summed E-state index contributed by atoms with van der Waals surface area (Å²) in [5.74, 6) is 0.663. The molecule has 0 aliphatic carbocycles. The van der Waals surface area contributed by atoms with E-state index in [0.717, 1.165) is 6.42 Å². The molecular formula is C9H13Cl2N3O. The van der Waals surface area contributed by atoms with Gasteiger partial charge in [-0.15, -0.1) is 0 Å². The Kier molecular flexibility index (Phi) is 4.45. The number of hydrogen-bond acceptors (Lipinski definition) is 4. The van der Waals surface area contributed by atoms with Crippen LogP contribution in [0.5, 0.6) is 0 Å². The normalized spacial score (nSPS) is 12.5. The Hall–Kier alpha value is -0.710. The van der Waals surface area contributed by atoms with E-state index < -0.39 is 0 Å². The topological polar surface area (TPSA) is 71.2 Å². The average molecular weight is 250 g/mol. The second-order valence-corrected chi connectivity index (χ2v) is 3.93. The standard InChI is InChI=1S/C9H13Cl2N3O/c1-2-5(4-15)13-9-7(11)3-6(10)8(12)14-9/h3,5,15H,2,4H2,1H3,(H3,12,13,14). The van der Waals surface area contributed by atoms with E-state index in [-0.39, 0.29) is 18.5 Å². The molecule has 0 aromatic carbocycles. The Morgan fingerprint density at radius 3 is 2.73 bits per heavy atom. The number of nitrogens with one attached hydrogen (secondary N) is 1. The Balaban J connectivity index is 2.89. The maximum atomic E-state index is 9.01. The second-order valence-electron chi connectivity index (χ2n) is 3.12. The molecule has 1 heterocycles. The van der Waals surface area contributed by atoms with Gasteiger partial charge in [0.15, 0.2) is 0 Å². The Morgan fingerprint density at radius 1 is 1.53 bits per heavy atom. The average Bonchev–Trinajstić information content (AvgIpc) is 2.21. The van der Waals surface area contributed by atoms with Crippen LogP contribution < -0.4 is 11.1 Å². The SMILES string of the molecule is CCC(CO)Nc1nc(N)c(Cl)cc1Cl. The fourth-order valence-corrected chi connectivity index (χ4v) is 1.47. The van der Waals surface area contributed by atoms with Crippen molar-refractivity contribution in [2.75, 3.05) is 17.7 Å². The monoisotopic (exact) mass is 249 g/mol. The predicted molar refractivity (Wildman–Crippen MR) is 63.5 cm³/mol. The van der Waals surface area contributed by atoms with E-state index in [0.29, 0.717) is 15.9 Å². The van der Waals surface area contributed by atoms with Gasteiger partial charge in [-0.2, -0.15) is 0 Å². The maximum absolute atomic E-state index is 9.01. The van der Waals surface area contributed by atoms with Crippen molar-refractivity contribution in [2.24, 2.45) is 0 Å². The van der Waals surface area contributed by atoms with Gasteiger partial charge in [-0.25, -0.2) is 4.98 Å². The smallest absolute Gasteiger partial charge is 0.147 e. The van der Waals surface area contributed by atoms with Crippen molar-refractivity contribution in [3.05, 3.63) is 16.1 Å². The highest BCUT2D eigenvalue weighted by molar-refractivity contribution is 6.37. The number of aromatic nitrogens is 1. The zero-order valence-electron chi connectivity index (χ0n) is 8.30. The third kappa shape index (κ3) is 3.12. The van der Waals surface area contributed by atoms with Gasteiger partial charge in [-0.3, -0.25) is 0 Å². The van der Waals surface area contributed by atoms with Crippen LogP contribution in [0.1, 0.15) is 13.3 Å². The summed E-state index contributed by atoms with van der Waals surface area (Å²) in [6.07, 6.45) is 0.761. The predicted octanol–water partition coefficient (Wildman–Crippen LogP) is 2.15. The highest BCUT2D eigenvalue weighted by Crippen LogP contribution is 2.27. The Bertz CT molecular complexity index is 342. The molecule has 1 aromatic rings. The van der Waals surface area contributed by atoms with Gasteiger partial charge in [-0.1, -0.05) is 30.1 Å². The minimum absolute atomic E-state index is 0.0110. The van der Waals surface area contributed by atoms with Crippen molar-refractivity contribution in [1.29, 1.82) is 0 Å². The molecule has 0 saturated carbocycles. The molecule has 1 atom stereocenters. The lowest BCUT2D eigenvalue weighted by Gasteiger charge is -2.16. The molecule has 0 aliphatic rings. The first-order valence-electron chi connectivity index (χ1n) is 4.57. The van der Waals surface area contributed by atoms with Crippen molar-refractivity contribution in [3.63, 3.8) is 0 Å². The van der Waals surface area contributed by atoms with Crippen LogP contribution in [0, 0.1) is 0 Å². The Labute approximate surface area is 98.4 Å². The van der Waals surface area contributed by atoms with Gasteiger partial charge < -0.3 is 16.2 Å². The number of aliphatic hydroxyl groups excluding tert-OH is 1. The fourth-order valence-electron chi connectivity index (χ4n) is 1.05. The minimum Gasteiger partial charge on any atom is -0.394 e. The molecule has 6 heteroatoms. The van der Waals surface area contributed by atoms with Gasteiger partial charge in [0.25, 0.3) is 0 Å². The van der Waals surface area contributed by atoms with Gasteiger partial charge >= 0.3 is 0 Å². The molecule has 4 N–H and O–H groups in total. The molecule has 0 amide bonds. The molecule has 0 saturated heterocycles. The number of nitrogens with two attached hydrogens (primary N) is 1. The molecular weight excluding hydrogens is 237 g/mol. The molecule has 84 valence electrons. The first-order valence-corrected chi connectivity index (χ1v) is 5.33. The van der Waals surface area contributed by atoms with Crippen LogP contribution in [0.15, 0.2) is 6.07 Å². The van der Waals surface area contributed by atoms with Gasteiger partial charge in [0.2, 0.25) is 0 Å². The van der Waals surface area contributed by atoms with Crippen LogP contribution in [0.25, 0.3) is 0 Å². The molecule has 1 aromatic heterocycles. The minimum atomic E-state index is -0.0874. The summed E-state index contributed by atoms with van der Waals surface area (Å²) in [5.41, 5.74) is 5.54. The summed E-state index contributed by atoms with van der Waals surface area (Å²) >= 11 is 11.7. The van der Waals surface area contributed by atoms with Crippen molar-refractivity contribution in [2.45, 2.75) is 19.4 Å². The lowest BCUT2D eigenvalue weighted by Crippen LogP contribution is -2.23. The van der Waals surface area contributed by atoms with E-state index in [9.17, 15) is 0 Å². The highest BCUT2D eigenvalue weighted by Gasteiger charge is 2.10. The van der Waals surface area contributed by atoms with Gasteiger partial charge in [0.05, 0.1) is 22.7 Å². The summed E-state index contributed by atoms with van der Waals surface area (Å²) in [5, 5.41) is 12.7. The van der Waals surface area contributed by atoms with Crippen molar-refractivity contribution >= 4 is 34.8 Å². The molecule has 0 fully saturated rings. The van der Waals surface area contributed by atoms with Crippen molar-refractivity contribution in [1.82, 2.24) is 4.98 Å². The summed E-state index contributed by atoms with van der Waals surface area (Å²) in [4.78, 5) is 4.00. The van der Waals surface area contributed by atoms with Crippen molar-refractivity contribution < 1.29 is 5.11 Å². The molecule has 1 unspecified atom stereocenters. The molecule has 0 aliphatic heterocycles. The van der Waals surface area contributed by atoms with Crippen LogP contribution in [0.3, 0.4) is 0 Å². The van der Waals surface area contributed by atoms with Gasteiger partial charge in [0.1, 0.15) is 11.6 Å². The molecule has 0 radical (unpaired) electrons. The molecule has 0 spiro atoms.